The maximum atomic E-state index is 13.3. The highest BCUT2D eigenvalue weighted by atomic mass is 19.3. The van der Waals surface area contributed by atoms with Crippen LogP contribution in [0.5, 0.6) is 11.5 Å². The van der Waals surface area contributed by atoms with Crippen molar-refractivity contribution in [3.63, 3.8) is 0 Å². The number of rotatable bonds is 4. The van der Waals surface area contributed by atoms with Crippen molar-refractivity contribution in [3.05, 3.63) is 52.3 Å². The molecule has 9 heteroatoms. The number of aromatic nitrogens is 1. The van der Waals surface area contributed by atoms with Gasteiger partial charge < -0.3 is 9.64 Å². The van der Waals surface area contributed by atoms with Crippen LogP contribution < -0.4 is 9.64 Å². The molecule has 1 fully saturated rings. The van der Waals surface area contributed by atoms with Gasteiger partial charge >= 0.3 is 0 Å². The summed E-state index contributed by atoms with van der Waals surface area (Å²) in [7, 11) is 0. The van der Waals surface area contributed by atoms with Crippen molar-refractivity contribution >= 4 is 11.4 Å². The summed E-state index contributed by atoms with van der Waals surface area (Å²) < 4.78 is 32.2. The number of hydrogen-bond acceptors (Lipinski definition) is 6. The summed E-state index contributed by atoms with van der Waals surface area (Å²) in [6.45, 7) is 0.433. The Morgan fingerprint density at radius 1 is 1.23 bits per heavy atom. The van der Waals surface area contributed by atoms with E-state index in [4.69, 9.17) is 10.00 Å². The number of halogens is 2. The molecule has 0 aliphatic carbocycles. The summed E-state index contributed by atoms with van der Waals surface area (Å²) in [6, 6.07) is 7.26. The first kappa shape index (κ1) is 17.5. The zero-order valence-electron chi connectivity index (χ0n) is 13.6. The maximum absolute atomic E-state index is 13.3. The Labute approximate surface area is 147 Å². The van der Waals surface area contributed by atoms with E-state index in [1.807, 2.05) is 0 Å². The summed E-state index contributed by atoms with van der Waals surface area (Å²) >= 11 is 0. The van der Waals surface area contributed by atoms with Gasteiger partial charge in [0.25, 0.3) is 11.6 Å². The summed E-state index contributed by atoms with van der Waals surface area (Å²) in [5, 5.41) is 19.9. The minimum Gasteiger partial charge on any atom is -0.456 e. The van der Waals surface area contributed by atoms with Gasteiger partial charge in [-0.05, 0) is 6.07 Å². The molecule has 2 heterocycles. The van der Waals surface area contributed by atoms with Gasteiger partial charge in [-0.15, -0.1) is 0 Å². The highest BCUT2D eigenvalue weighted by Crippen LogP contribution is 2.32. The number of benzene rings is 1. The second-order valence-electron chi connectivity index (χ2n) is 5.87. The number of pyridine rings is 1. The van der Waals surface area contributed by atoms with Gasteiger partial charge in [-0.3, -0.25) is 15.1 Å². The molecule has 26 heavy (non-hydrogen) atoms. The Morgan fingerprint density at radius 2 is 1.96 bits per heavy atom. The minimum absolute atomic E-state index is 0.116. The normalized spacial score (nSPS) is 16.0. The highest BCUT2D eigenvalue weighted by molar-refractivity contribution is 5.54. The van der Waals surface area contributed by atoms with Crippen LogP contribution in [0.15, 0.2) is 36.7 Å². The first-order valence-electron chi connectivity index (χ1n) is 7.82. The largest absolute Gasteiger partial charge is 0.456 e. The van der Waals surface area contributed by atoms with E-state index in [1.54, 1.807) is 23.2 Å². The lowest BCUT2D eigenvalue weighted by Gasteiger charge is -2.33. The van der Waals surface area contributed by atoms with Crippen LogP contribution >= 0.6 is 0 Å². The van der Waals surface area contributed by atoms with Crippen LogP contribution in [0, 0.1) is 21.4 Å². The molecule has 0 atom stereocenters. The van der Waals surface area contributed by atoms with Crippen LogP contribution in [0.3, 0.4) is 0 Å². The van der Waals surface area contributed by atoms with E-state index in [2.05, 4.69) is 4.98 Å². The van der Waals surface area contributed by atoms with Crippen LogP contribution in [0.4, 0.5) is 20.2 Å². The molecule has 1 aliphatic heterocycles. The number of ether oxygens (including phenoxy) is 1. The lowest BCUT2D eigenvalue weighted by molar-refractivity contribution is -0.385. The van der Waals surface area contributed by atoms with E-state index in [1.165, 1.54) is 24.4 Å². The van der Waals surface area contributed by atoms with E-state index in [9.17, 15) is 18.9 Å². The molecule has 134 valence electrons. The number of anilines is 1. The predicted molar refractivity (Wildman–Crippen MR) is 88.5 cm³/mol. The Kier molecular flexibility index (Phi) is 4.67. The van der Waals surface area contributed by atoms with E-state index in [-0.39, 0.29) is 42.9 Å². The van der Waals surface area contributed by atoms with Gasteiger partial charge in [0, 0.05) is 44.1 Å². The second-order valence-corrected chi connectivity index (χ2v) is 5.87. The smallest absolute Gasteiger partial charge is 0.287 e. The van der Waals surface area contributed by atoms with Crippen LogP contribution in [0.25, 0.3) is 0 Å². The quantitative estimate of drug-likeness (QED) is 0.607. The first-order valence-corrected chi connectivity index (χ1v) is 7.82. The minimum atomic E-state index is -2.63. The average molecular weight is 360 g/mol. The second kappa shape index (κ2) is 6.92. The number of piperidine rings is 1. The zero-order chi connectivity index (χ0) is 18.7. The summed E-state index contributed by atoms with van der Waals surface area (Å²) in [5.74, 6) is -2.04. The monoisotopic (exact) mass is 360 g/mol. The molecular weight excluding hydrogens is 346 g/mol. The Morgan fingerprint density at radius 3 is 2.62 bits per heavy atom. The lowest BCUT2D eigenvalue weighted by atomic mass is 10.1. The van der Waals surface area contributed by atoms with Crippen LogP contribution in [0.1, 0.15) is 18.4 Å². The number of nitrogens with zero attached hydrogens (tertiary/aromatic N) is 4. The van der Waals surface area contributed by atoms with Gasteiger partial charge in [0.15, 0.2) is 0 Å². The molecule has 0 radical (unpaired) electrons. The maximum Gasteiger partial charge on any atom is 0.287 e. The number of nitriles is 1. The van der Waals surface area contributed by atoms with Crippen molar-refractivity contribution in [1.29, 1.82) is 5.26 Å². The van der Waals surface area contributed by atoms with Gasteiger partial charge in [0.05, 0.1) is 23.0 Å². The average Bonchev–Trinajstić information content (AvgIpc) is 2.61. The number of alkyl halides is 2. The summed E-state index contributed by atoms with van der Waals surface area (Å²) in [4.78, 5) is 16.1. The molecule has 1 saturated heterocycles. The molecule has 7 nitrogen and oxygen atoms in total. The molecule has 0 spiro atoms. The third-order valence-electron chi connectivity index (χ3n) is 4.08. The number of nitro groups is 1. The van der Waals surface area contributed by atoms with E-state index in [0.717, 1.165) is 0 Å². The molecule has 3 rings (SSSR count). The van der Waals surface area contributed by atoms with E-state index < -0.39 is 10.8 Å². The Balaban J connectivity index is 1.77. The molecule has 0 saturated carbocycles. The molecule has 0 unspecified atom stereocenters. The van der Waals surface area contributed by atoms with Gasteiger partial charge in [-0.2, -0.15) is 5.26 Å². The SMILES string of the molecule is N#Cc1cc(Oc2cncc(N3CCC(F)(F)CC3)c2)ccc1[N+](=O)[O-]. The van der Waals surface area contributed by atoms with Crippen molar-refractivity contribution in [2.45, 2.75) is 18.8 Å². The molecule has 0 bridgehead atoms. The third kappa shape index (κ3) is 3.85. The lowest BCUT2D eigenvalue weighted by Crippen LogP contribution is -2.39. The fourth-order valence-electron chi connectivity index (χ4n) is 2.69. The molecule has 1 aliphatic rings. The third-order valence-corrected chi connectivity index (χ3v) is 4.08. The highest BCUT2D eigenvalue weighted by Gasteiger charge is 2.34. The van der Waals surface area contributed by atoms with Gasteiger partial charge in [-0.25, -0.2) is 8.78 Å². The molecule has 1 aromatic carbocycles. The van der Waals surface area contributed by atoms with Crippen LogP contribution in [-0.2, 0) is 0 Å². The summed E-state index contributed by atoms with van der Waals surface area (Å²) in [6.07, 6.45) is 2.57. The molecule has 0 N–H and O–H groups in total. The van der Waals surface area contributed by atoms with Crippen molar-refractivity contribution in [3.8, 4) is 17.6 Å². The fraction of sp³-hybridized carbons (Fsp3) is 0.294. The Bertz CT molecular complexity index is 873. The van der Waals surface area contributed by atoms with Crippen LogP contribution in [0.2, 0.25) is 0 Å². The predicted octanol–water partition coefficient (Wildman–Crippen LogP) is 3.89. The van der Waals surface area contributed by atoms with Gasteiger partial charge in [-0.1, -0.05) is 0 Å². The van der Waals surface area contributed by atoms with Gasteiger partial charge in [0.2, 0.25) is 0 Å². The standard InChI is InChI=1S/C17H14F2N4O3/c18-17(19)3-5-22(6-4-17)13-8-15(11-21-10-13)26-14-1-2-16(23(24)25)12(7-14)9-20/h1-2,7-8,10-11H,3-6H2. The van der Waals surface area contributed by atoms with Crippen molar-refractivity contribution in [2.75, 3.05) is 18.0 Å². The van der Waals surface area contributed by atoms with Crippen molar-refractivity contribution in [2.24, 2.45) is 0 Å². The van der Waals surface area contributed by atoms with E-state index >= 15 is 0 Å². The number of nitro benzene ring substituents is 1. The fourth-order valence-corrected chi connectivity index (χ4v) is 2.69. The molecular formula is C17H14F2N4O3. The van der Waals surface area contributed by atoms with E-state index in [0.29, 0.717) is 11.4 Å². The molecule has 2 aromatic rings. The first-order chi connectivity index (χ1) is 12.4. The molecule has 0 amide bonds. The number of hydrogen-bond donors (Lipinski definition) is 0. The molecule has 1 aromatic heterocycles. The Hall–Kier alpha value is -3.28. The van der Waals surface area contributed by atoms with Crippen molar-refractivity contribution < 1.29 is 18.4 Å². The summed E-state index contributed by atoms with van der Waals surface area (Å²) in [5.41, 5.74) is 0.233. The zero-order valence-corrected chi connectivity index (χ0v) is 13.6. The van der Waals surface area contributed by atoms with Gasteiger partial charge in [0.1, 0.15) is 23.1 Å². The van der Waals surface area contributed by atoms with Crippen molar-refractivity contribution in [1.82, 2.24) is 4.98 Å². The topological polar surface area (TPSA) is 92.3 Å². The van der Waals surface area contributed by atoms with Crippen LogP contribution in [-0.4, -0.2) is 28.9 Å².